The number of pyridine rings is 1. The van der Waals surface area contributed by atoms with Crippen LogP contribution in [0.25, 0.3) is 16.7 Å². The fourth-order valence-corrected chi connectivity index (χ4v) is 5.43. The summed E-state index contributed by atoms with van der Waals surface area (Å²) in [6, 6.07) is 8.02. The third-order valence-corrected chi connectivity index (χ3v) is 7.26. The highest BCUT2D eigenvalue weighted by atomic mass is 19.4. The van der Waals surface area contributed by atoms with Crippen molar-refractivity contribution in [2.45, 2.75) is 32.0 Å². The molecule has 1 N–H and O–H groups in total. The summed E-state index contributed by atoms with van der Waals surface area (Å²) < 4.78 is 76.6. The minimum atomic E-state index is -4.92. The number of hydrogen-bond acceptors (Lipinski definition) is 4. The molecular formula is C26H18F5N3O3. The maximum Gasteiger partial charge on any atom is 0.450 e. The number of rotatable bonds is 5. The molecule has 37 heavy (non-hydrogen) atoms. The Labute approximate surface area is 206 Å². The number of carbonyl (C=O) groups is 1. The second kappa shape index (κ2) is 7.99. The van der Waals surface area contributed by atoms with Crippen molar-refractivity contribution in [3.05, 3.63) is 82.3 Å². The highest BCUT2D eigenvalue weighted by Crippen LogP contribution is 2.61. The number of aliphatic carboxylic acids is 1. The molecule has 3 atom stereocenters. The highest BCUT2D eigenvalue weighted by molar-refractivity contribution is 5.80. The van der Waals surface area contributed by atoms with Crippen LogP contribution in [-0.2, 0) is 24.0 Å². The standard InChI is InChI=1S/C26H18F5N3O3/c1-11-12(10-37-19-8-13-7-14-20(15(13)9-32-19)21(14)24(35)36)3-2-4-18(11)34-23-17(6-5-16(27)22(23)28)33-25(34)26(29,30)31/h2-6,8-9,14,20-21H,7,10H2,1H3,(H,35,36). The van der Waals surface area contributed by atoms with Crippen molar-refractivity contribution in [3.8, 4) is 11.6 Å². The zero-order valence-electron chi connectivity index (χ0n) is 19.2. The second-order valence-electron chi connectivity index (χ2n) is 9.33. The number of nitrogens with zero attached hydrogens (tertiary/aromatic N) is 3. The molecule has 0 bridgehead atoms. The van der Waals surface area contributed by atoms with Gasteiger partial charge in [-0.25, -0.2) is 18.7 Å². The zero-order valence-corrected chi connectivity index (χ0v) is 19.2. The number of benzene rings is 2. The van der Waals surface area contributed by atoms with Crippen LogP contribution in [0.5, 0.6) is 5.88 Å². The minimum Gasteiger partial charge on any atom is -0.481 e. The van der Waals surface area contributed by atoms with E-state index in [1.807, 2.05) is 0 Å². The quantitative estimate of drug-likeness (QED) is 0.352. The molecule has 2 heterocycles. The van der Waals surface area contributed by atoms with Crippen LogP contribution >= 0.6 is 0 Å². The van der Waals surface area contributed by atoms with Gasteiger partial charge in [-0.2, -0.15) is 13.2 Å². The molecule has 6 rings (SSSR count). The molecule has 3 unspecified atom stereocenters. The summed E-state index contributed by atoms with van der Waals surface area (Å²) in [5.41, 5.74) is 1.82. The van der Waals surface area contributed by atoms with Crippen molar-refractivity contribution in [1.29, 1.82) is 0 Å². The lowest BCUT2D eigenvalue weighted by Crippen LogP contribution is -2.15. The van der Waals surface area contributed by atoms with Crippen LogP contribution in [0.15, 0.2) is 42.6 Å². The Balaban J connectivity index is 1.33. The maximum atomic E-state index is 14.7. The molecule has 2 aliphatic carbocycles. The van der Waals surface area contributed by atoms with Crippen LogP contribution in [-0.4, -0.2) is 25.6 Å². The van der Waals surface area contributed by atoms with Crippen molar-refractivity contribution in [1.82, 2.24) is 14.5 Å². The fourth-order valence-electron chi connectivity index (χ4n) is 5.43. The molecule has 2 aromatic carbocycles. The summed E-state index contributed by atoms with van der Waals surface area (Å²) in [4.78, 5) is 19.1. The molecule has 0 spiro atoms. The van der Waals surface area contributed by atoms with E-state index in [0.717, 1.165) is 23.3 Å². The van der Waals surface area contributed by atoms with Gasteiger partial charge in [0.2, 0.25) is 11.7 Å². The number of alkyl halides is 3. The van der Waals surface area contributed by atoms with Gasteiger partial charge in [-0.05, 0) is 59.7 Å². The first-order valence-corrected chi connectivity index (χ1v) is 11.4. The van der Waals surface area contributed by atoms with E-state index < -0.39 is 35.1 Å². The summed E-state index contributed by atoms with van der Waals surface area (Å²) in [5, 5.41) is 9.26. The Bertz CT molecular complexity index is 1600. The number of carboxylic acids is 1. The number of aromatic nitrogens is 3. The predicted molar refractivity (Wildman–Crippen MR) is 120 cm³/mol. The highest BCUT2D eigenvalue weighted by Gasteiger charge is 2.60. The number of imidazole rings is 1. The molecule has 6 nitrogen and oxygen atoms in total. The monoisotopic (exact) mass is 515 g/mol. The largest absolute Gasteiger partial charge is 0.481 e. The van der Waals surface area contributed by atoms with Gasteiger partial charge in [0.15, 0.2) is 11.6 Å². The first kappa shape index (κ1) is 23.4. The van der Waals surface area contributed by atoms with Gasteiger partial charge < -0.3 is 9.84 Å². The lowest BCUT2D eigenvalue weighted by molar-refractivity contribution is -0.145. The van der Waals surface area contributed by atoms with E-state index in [2.05, 4.69) is 9.97 Å². The van der Waals surface area contributed by atoms with Crippen molar-refractivity contribution in [3.63, 3.8) is 0 Å². The zero-order chi connectivity index (χ0) is 26.2. The minimum absolute atomic E-state index is 0.0119. The fraction of sp³-hybridized carbons (Fsp3) is 0.269. The van der Waals surface area contributed by atoms with Gasteiger partial charge in [0.05, 0.1) is 17.1 Å². The Kier molecular flexibility index (Phi) is 5.05. The van der Waals surface area contributed by atoms with Crippen molar-refractivity contribution < 1.29 is 36.6 Å². The van der Waals surface area contributed by atoms with Gasteiger partial charge in [-0.1, -0.05) is 12.1 Å². The van der Waals surface area contributed by atoms with E-state index in [1.54, 1.807) is 25.3 Å². The first-order chi connectivity index (χ1) is 17.6. The van der Waals surface area contributed by atoms with Gasteiger partial charge >= 0.3 is 12.1 Å². The Morgan fingerprint density at radius 1 is 1.22 bits per heavy atom. The summed E-state index contributed by atoms with van der Waals surface area (Å²) in [6.45, 7) is 1.52. The summed E-state index contributed by atoms with van der Waals surface area (Å²) in [6.07, 6.45) is -2.68. The molecular weight excluding hydrogens is 497 g/mol. The van der Waals surface area contributed by atoms with Gasteiger partial charge in [-0.15, -0.1) is 0 Å². The van der Waals surface area contributed by atoms with Crippen LogP contribution in [0.3, 0.4) is 0 Å². The summed E-state index contributed by atoms with van der Waals surface area (Å²) in [5.74, 6) is -4.90. The molecule has 4 aromatic rings. The average molecular weight is 515 g/mol. The third kappa shape index (κ3) is 3.63. The van der Waals surface area contributed by atoms with E-state index in [4.69, 9.17) is 4.74 Å². The van der Waals surface area contributed by atoms with E-state index >= 15 is 0 Å². The maximum absolute atomic E-state index is 14.7. The number of ether oxygens (including phenoxy) is 1. The Morgan fingerprint density at radius 3 is 2.73 bits per heavy atom. The Hall–Kier alpha value is -4.02. The van der Waals surface area contributed by atoms with Gasteiger partial charge in [-0.3, -0.25) is 9.36 Å². The molecule has 2 aromatic heterocycles. The molecule has 0 radical (unpaired) electrons. The van der Waals surface area contributed by atoms with Gasteiger partial charge in [0.1, 0.15) is 12.1 Å². The summed E-state index contributed by atoms with van der Waals surface area (Å²) >= 11 is 0. The SMILES string of the molecule is Cc1c(COc2cc3c(cn2)C2C(C3)C2C(=O)O)cccc1-n1c(C(F)(F)F)nc2ccc(F)c(F)c21. The number of hydrogen-bond donors (Lipinski definition) is 1. The third-order valence-electron chi connectivity index (χ3n) is 7.26. The van der Waals surface area contributed by atoms with Gasteiger partial charge in [0.25, 0.3) is 0 Å². The molecule has 1 fully saturated rings. The molecule has 0 saturated heterocycles. The van der Waals surface area contributed by atoms with Crippen LogP contribution in [0.2, 0.25) is 0 Å². The van der Waals surface area contributed by atoms with Crippen molar-refractivity contribution in [2.24, 2.45) is 11.8 Å². The average Bonchev–Trinajstić information content (AvgIpc) is 3.22. The lowest BCUT2D eigenvalue weighted by atomic mass is 10.0. The van der Waals surface area contributed by atoms with Gasteiger partial charge in [0, 0.05) is 18.2 Å². The van der Waals surface area contributed by atoms with Crippen molar-refractivity contribution in [2.75, 3.05) is 0 Å². The van der Waals surface area contributed by atoms with Crippen molar-refractivity contribution >= 4 is 17.0 Å². The van der Waals surface area contributed by atoms with E-state index in [-0.39, 0.29) is 35.6 Å². The second-order valence-corrected chi connectivity index (χ2v) is 9.33. The van der Waals surface area contributed by atoms with Crippen LogP contribution in [0.1, 0.15) is 34.0 Å². The lowest BCUT2D eigenvalue weighted by Gasteiger charge is -2.17. The number of fused-ring (bicyclic) bond motifs is 4. The molecule has 11 heteroatoms. The summed E-state index contributed by atoms with van der Waals surface area (Å²) in [7, 11) is 0. The molecule has 2 aliphatic rings. The van der Waals surface area contributed by atoms with Crippen LogP contribution in [0.4, 0.5) is 22.0 Å². The molecule has 0 amide bonds. The Morgan fingerprint density at radius 2 is 2.00 bits per heavy atom. The van der Waals surface area contributed by atoms with Crippen LogP contribution in [0, 0.1) is 30.4 Å². The van der Waals surface area contributed by atoms with E-state index in [0.29, 0.717) is 28.0 Å². The smallest absolute Gasteiger partial charge is 0.450 e. The predicted octanol–water partition coefficient (Wildman–Crippen LogP) is 5.58. The van der Waals surface area contributed by atoms with E-state index in [9.17, 15) is 31.9 Å². The van der Waals surface area contributed by atoms with E-state index in [1.165, 1.54) is 12.1 Å². The van der Waals surface area contributed by atoms with Crippen LogP contribution < -0.4 is 4.74 Å². The molecule has 1 saturated carbocycles. The molecule has 0 aliphatic heterocycles. The molecule has 190 valence electrons. The number of halogens is 5. The topological polar surface area (TPSA) is 77.2 Å². The normalized spacial score (nSPS) is 20.1. The number of carboxylic acid groups (broad SMARTS) is 1. The first-order valence-electron chi connectivity index (χ1n) is 11.4.